The zero-order valence-electron chi connectivity index (χ0n) is 13.4. The van der Waals surface area contributed by atoms with Crippen LogP contribution in [0.4, 0.5) is 0 Å². The molecule has 1 aromatic rings. The monoisotopic (exact) mass is 309 g/mol. The van der Waals surface area contributed by atoms with Gasteiger partial charge >= 0.3 is 0 Å². The summed E-state index contributed by atoms with van der Waals surface area (Å²) in [6.07, 6.45) is 2.17. The summed E-state index contributed by atoms with van der Waals surface area (Å²) < 4.78 is 0. The largest absolute Gasteiger partial charge is 0.505 e. The molecule has 0 saturated heterocycles. The van der Waals surface area contributed by atoms with Crippen LogP contribution in [0.15, 0.2) is 58.5 Å². The lowest BCUT2D eigenvalue weighted by molar-refractivity contribution is -0.125. The molecule has 0 unspecified atom stereocenters. The van der Waals surface area contributed by atoms with E-state index in [4.69, 9.17) is 0 Å². The van der Waals surface area contributed by atoms with E-state index in [1.54, 1.807) is 19.9 Å². The minimum absolute atomic E-state index is 0.0901. The first-order valence-corrected chi connectivity index (χ1v) is 7.58. The molecule has 2 N–H and O–H groups in total. The molecule has 0 bridgehead atoms. The first-order chi connectivity index (χ1) is 10.8. The molecular weight excluding hydrogens is 290 g/mol. The Hall–Kier alpha value is -2.62. The SMILES string of the molecule is CC1=C(C)C(=O)[C@](C)(C2=C(O)/C(=C/c3ccccc3)NC2=O)C1. The molecule has 0 saturated carbocycles. The number of ketones is 1. The predicted molar refractivity (Wildman–Crippen MR) is 88.3 cm³/mol. The third kappa shape index (κ3) is 2.31. The van der Waals surface area contributed by atoms with Gasteiger partial charge < -0.3 is 10.4 Å². The molecule has 1 aromatic carbocycles. The summed E-state index contributed by atoms with van der Waals surface area (Å²) in [5.74, 6) is -0.618. The lowest BCUT2D eigenvalue weighted by Crippen LogP contribution is -2.32. The van der Waals surface area contributed by atoms with Crippen LogP contribution in [0.3, 0.4) is 0 Å². The van der Waals surface area contributed by atoms with Crippen molar-refractivity contribution >= 4 is 17.8 Å². The first-order valence-electron chi connectivity index (χ1n) is 7.58. The summed E-state index contributed by atoms with van der Waals surface area (Å²) in [5.41, 5.74) is 2.03. The highest BCUT2D eigenvalue weighted by molar-refractivity contribution is 6.13. The van der Waals surface area contributed by atoms with Gasteiger partial charge in [-0.1, -0.05) is 35.9 Å². The molecule has 4 heteroatoms. The van der Waals surface area contributed by atoms with Crippen molar-refractivity contribution in [2.24, 2.45) is 5.41 Å². The van der Waals surface area contributed by atoms with E-state index in [1.165, 1.54) is 0 Å². The van der Waals surface area contributed by atoms with Crippen LogP contribution in [0.25, 0.3) is 6.08 Å². The molecule has 1 aliphatic carbocycles. The molecule has 23 heavy (non-hydrogen) atoms. The molecule has 3 rings (SSSR count). The number of Topliss-reactive ketones (excluding diaryl/α,β-unsaturated/α-hetero) is 1. The van der Waals surface area contributed by atoms with Gasteiger partial charge in [0.1, 0.15) is 5.76 Å². The highest BCUT2D eigenvalue weighted by Gasteiger charge is 2.49. The van der Waals surface area contributed by atoms with Crippen molar-refractivity contribution in [1.82, 2.24) is 5.32 Å². The number of rotatable bonds is 2. The van der Waals surface area contributed by atoms with E-state index in [-0.39, 0.29) is 17.1 Å². The Labute approximate surface area is 135 Å². The number of hydrogen-bond acceptors (Lipinski definition) is 3. The summed E-state index contributed by atoms with van der Waals surface area (Å²) in [6.45, 7) is 5.39. The summed E-state index contributed by atoms with van der Waals surface area (Å²) >= 11 is 0. The zero-order chi connectivity index (χ0) is 16.8. The molecule has 2 aliphatic rings. The van der Waals surface area contributed by atoms with E-state index >= 15 is 0 Å². The molecule has 0 fully saturated rings. The molecule has 0 spiro atoms. The van der Waals surface area contributed by atoms with Crippen molar-refractivity contribution < 1.29 is 14.7 Å². The highest BCUT2D eigenvalue weighted by Crippen LogP contribution is 2.46. The molecular formula is C19H19NO3. The van der Waals surface area contributed by atoms with Gasteiger partial charge in [0.25, 0.3) is 5.91 Å². The Bertz CT molecular complexity index is 799. The Kier molecular flexibility index (Phi) is 3.48. The van der Waals surface area contributed by atoms with Crippen molar-refractivity contribution in [2.45, 2.75) is 27.2 Å². The van der Waals surface area contributed by atoms with Gasteiger partial charge in [-0.25, -0.2) is 0 Å². The van der Waals surface area contributed by atoms with Crippen LogP contribution in [0.2, 0.25) is 0 Å². The third-order valence-electron chi connectivity index (χ3n) is 4.73. The van der Waals surface area contributed by atoms with Gasteiger partial charge in [0, 0.05) is 0 Å². The van der Waals surface area contributed by atoms with Crippen LogP contribution >= 0.6 is 0 Å². The molecule has 0 aromatic heterocycles. The average molecular weight is 309 g/mol. The van der Waals surface area contributed by atoms with E-state index in [0.29, 0.717) is 17.7 Å². The van der Waals surface area contributed by atoms with Gasteiger partial charge in [-0.3, -0.25) is 9.59 Å². The fraction of sp³-hybridized carbons (Fsp3) is 0.263. The molecule has 1 amide bonds. The van der Waals surface area contributed by atoms with Crippen LogP contribution in [0, 0.1) is 5.41 Å². The number of aliphatic hydroxyl groups is 1. The molecule has 118 valence electrons. The van der Waals surface area contributed by atoms with Crippen LogP contribution in [0.5, 0.6) is 0 Å². The van der Waals surface area contributed by atoms with E-state index in [2.05, 4.69) is 5.32 Å². The topological polar surface area (TPSA) is 66.4 Å². The van der Waals surface area contributed by atoms with Crippen LogP contribution < -0.4 is 5.32 Å². The minimum Gasteiger partial charge on any atom is -0.505 e. The number of carbonyl (C=O) groups excluding carboxylic acids is 2. The van der Waals surface area contributed by atoms with Crippen molar-refractivity contribution in [3.8, 4) is 0 Å². The molecule has 1 aliphatic heterocycles. The number of hydrogen-bond donors (Lipinski definition) is 2. The van der Waals surface area contributed by atoms with E-state index < -0.39 is 11.3 Å². The van der Waals surface area contributed by atoms with Gasteiger partial charge in [-0.15, -0.1) is 0 Å². The number of amides is 1. The molecule has 1 heterocycles. The third-order valence-corrected chi connectivity index (χ3v) is 4.73. The summed E-state index contributed by atoms with van der Waals surface area (Å²) in [6, 6.07) is 9.41. The summed E-state index contributed by atoms with van der Waals surface area (Å²) in [4.78, 5) is 25.0. The normalized spacial score (nSPS) is 26.5. The number of nitrogens with one attached hydrogen (secondary N) is 1. The fourth-order valence-electron chi connectivity index (χ4n) is 3.37. The Morgan fingerprint density at radius 1 is 1.17 bits per heavy atom. The second-order valence-electron chi connectivity index (χ2n) is 6.39. The van der Waals surface area contributed by atoms with Crippen LogP contribution in [-0.2, 0) is 9.59 Å². The van der Waals surface area contributed by atoms with E-state index in [9.17, 15) is 14.7 Å². The maximum atomic E-state index is 12.6. The van der Waals surface area contributed by atoms with E-state index in [1.807, 2.05) is 37.3 Å². The van der Waals surface area contributed by atoms with Crippen molar-refractivity contribution in [2.75, 3.05) is 0 Å². The summed E-state index contributed by atoms with van der Waals surface area (Å²) in [5, 5.41) is 13.2. The van der Waals surface area contributed by atoms with Crippen molar-refractivity contribution in [3.05, 3.63) is 64.1 Å². The Morgan fingerprint density at radius 2 is 1.83 bits per heavy atom. The molecule has 4 nitrogen and oxygen atoms in total. The van der Waals surface area contributed by atoms with Gasteiger partial charge in [-0.2, -0.15) is 0 Å². The Morgan fingerprint density at radius 3 is 2.39 bits per heavy atom. The fourth-order valence-corrected chi connectivity index (χ4v) is 3.37. The average Bonchev–Trinajstić information content (AvgIpc) is 2.90. The first kappa shape index (κ1) is 15.3. The quantitative estimate of drug-likeness (QED) is 0.881. The van der Waals surface area contributed by atoms with Gasteiger partial charge in [0.15, 0.2) is 5.78 Å². The van der Waals surface area contributed by atoms with Crippen LogP contribution in [-0.4, -0.2) is 16.8 Å². The maximum absolute atomic E-state index is 12.6. The number of aliphatic hydroxyl groups excluding tert-OH is 1. The predicted octanol–water partition coefficient (Wildman–Crippen LogP) is 3.28. The van der Waals surface area contributed by atoms with Crippen molar-refractivity contribution in [3.63, 3.8) is 0 Å². The molecule has 1 atom stereocenters. The minimum atomic E-state index is -0.991. The van der Waals surface area contributed by atoms with Crippen molar-refractivity contribution in [1.29, 1.82) is 0 Å². The Balaban J connectivity index is 2.05. The second kappa shape index (κ2) is 5.23. The maximum Gasteiger partial charge on any atom is 0.256 e. The number of benzene rings is 1. The zero-order valence-corrected chi connectivity index (χ0v) is 13.4. The second-order valence-corrected chi connectivity index (χ2v) is 6.39. The number of carbonyl (C=O) groups is 2. The van der Waals surface area contributed by atoms with Crippen LogP contribution in [0.1, 0.15) is 32.8 Å². The summed E-state index contributed by atoms with van der Waals surface area (Å²) in [7, 11) is 0. The lowest BCUT2D eigenvalue weighted by Gasteiger charge is -2.22. The lowest BCUT2D eigenvalue weighted by atomic mass is 9.77. The smallest absolute Gasteiger partial charge is 0.256 e. The van der Waals surface area contributed by atoms with E-state index in [0.717, 1.165) is 11.1 Å². The standard InChI is InChI=1S/C19H19NO3/c1-11-10-19(3,17(22)12(11)2)15-16(21)14(20-18(15)23)9-13-7-5-4-6-8-13/h4-9,21H,10H2,1-3H3,(H,20,23)/b14-9-/t19-/m0/s1. The number of allylic oxidation sites excluding steroid dienone is 2. The van der Waals surface area contributed by atoms with Gasteiger partial charge in [0.2, 0.25) is 0 Å². The van der Waals surface area contributed by atoms with Gasteiger partial charge in [0.05, 0.1) is 16.7 Å². The molecule has 0 radical (unpaired) electrons. The highest BCUT2D eigenvalue weighted by atomic mass is 16.3. The van der Waals surface area contributed by atoms with Gasteiger partial charge in [-0.05, 0) is 44.4 Å².